The van der Waals surface area contributed by atoms with Gasteiger partial charge in [0.25, 0.3) is 0 Å². The first-order valence-corrected chi connectivity index (χ1v) is 10.4. The number of hydrogen-bond acceptors (Lipinski definition) is 6. The van der Waals surface area contributed by atoms with E-state index in [2.05, 4.69) is 15.2 Å². The van der Waals surface area contributed by atoms with Crippen molar-refractivity contribution in [3.8, 4) is 0 Å². The third-order valence-corrected chi connectivity index (χ3v) is 6.97. The van der Waals surface area contributed by atoms with Crippen LogP contribution in [0.1, 0.15) is 44.9 Å². The lowest BCUT2D eigenvalue weighted by molar-refractivity contribution is 0.124. The predicted molar refractivity (Wildman–Crippen MR) is 88.6 cm³/mol. The highest BCUT2D eigenvalue weighted by atomic mass is 32.2. The van der Waals surface area contributed by atoms with Crippen LogP contribution in [0.25, 0.3) is 0 Å². The number of likely N-dealkylation sites (tertiary alicyclic amines) is 1. The molecule has 6 nitrogen and oxygen atoms in total. The molecule has 1 aromatic heterocycles. The average Bonchev–Trinajstić information content (AvgIpc) is 2.97. The van der Waals surface area contributed by atoms with Gasteiger partial charge in [0.1, 0.15) is 0 Å². The van der Waals surface area contributed by atoms with Gasteiger partial charge in [-0.3, -0.25) is 4.90 Å². The fourth-order valence-electron chi connectivity index (χ4n) is 3.53. The first-order chi connectivity index (χ1) is 10.5. The van der Waals surface area contributed by atoms with E-state index in [9.17, 15) is 8.42 Å². The Morgan fingerprint density at radius 3 is 2.68 bits per heavy atom. The predicted octanol–water partition coefficient (Wildman–Crippen LogP) is 2.00. The van der Waals surface area contributed by atoms with Gasteiger partial charge >= 0.3 is 0 Å². The van der Waals surface area contributed by atoms with Gasteiger partial charge in [-0.15, -0.1) is 0 Å². The number of primary sulfonamides is 1. The minimum Gasteiger partial charge on any atom is -0.357 e. The molecule has 1 saturated heterocycles. The molecule has 0 spiro atoms. The summed E-state index contributed by atoms with van der Waals surface area (Å²) in [5, 5.41) is 9.17. The van der Waals surface area contributed by atoms with E-state index in [0.717, 1.165) is 30.3 Å². The van der Waals surface area contributed by atoms with Gasteiger partial charge < -0.3 is 5.32 Å². The van der Waals surface area contributed by atoms with Gasteiger partial charge in [-0.2, -0.15) is 0 Å². The van der Waals surface area contributed by atoms with Crippen LogP contribution in [0.15, 0.2) is 10.4 Å². The average molecular weight is 345 g/mol. The molecular weight excluding hydrogens is 320 g/mol. The van der Waals surface area contributed by atoms with E-state index >= 15 is 0 Å². The summed E-state index contributed by atoms with van der Waals surface area (Å²) in [5.41, 5.74) is 0. The lowest BCUT2D eigenvalue weighted by atomic mass is 9.92. The highest BCUT2D eigenvalue weighted by molar-refractivity contribution is 7.91. The smallest absolute Gasteiger partial charge is 0.249 e. The molecule has 1 aromatic rings. The lowest BCUT2D eigenvalue weighted by Gasteiger charge is -2.40. The number of nitrogens with zero attached hydrogens (tertiary/aromatic N) is 2. The van der Waals surface area contributed by atoms with Crippen molar-refractivity contribution in [3.63, 3.8) is 0 Å². The van der Waals surface area contributed by atoms with E-state index in [1.165, 1.54) is 51.3 Å². The van der Waals surface area contributed by atoms with Crippen LogP contribution in [-0.2, 0) is 10.0 Å². The maximum absolute atomic E-state index is 11.3. The van der Waals surface area contributed by atoms with Crippen molar-refractivity contribution < 1.29 is 8.42 Å². The fraction of sp³-hybridized carbons (Fsp3) is 0.786. The normalized spacial score (nSPS) is 25.2. The number of nitrogens with one attached hydrogen (secondary N) is 1. The summed E-state index contributed by atoms with van der Waals surface area (Å²) < 4.78 is 22.7. The van der Waals surface area contributed by atoms with Crippen molar-refractivity contribution in [2.45, 2.75) is 61.2 Å². The zero-order valence-electron chi connectivity index (χ0n) is 12.7. The first kappa shape index (κ1) is 16.2. The third kappa shape index (κ3) is 3.98. The van der Waals surface area contributed by atoms with Crippen LogP contribution in [0, 0.1) is 0 Å². The Balaban J connectivity index is 1.59. The Morgan fingerprint density at radius 2 is 2.00 bits per heavy atom. The summed E-state index contributed by atoms with van der Waals surface area (Å²) in [4.78, 5) is 6.75. The van der Waals surface area contributed by atoms with E-state index in [4.69, 9.17) is 5.14 Å². The highest BCUT2D eigenvalue weighted by Crippen LogP contribution is 2.27. The van der Waals surface area contributed by atoms with Crippen LogP contribution in [0.2, 0.25) is 0 Å². The van der Waals surface area contributed by atoms with Gasteiger partial charge in [-0.05, 0) is 32.2 Å². The zero-order chi connectivity index (χ0) is 15.6. The zero-order valence-corrected chi connectivity index (χ0v) is 14.3. The molecular formula is C14H24N4O2S2. The van der Waals surface area contributed by atoms with E-state index in [1.807, 2.05) is 0 Å². The minimum absolute atomic E-state index is 0.120. The number of sulfonamides is 1. The van der Waals surface area contributed by atoms with Gasteiger partial charge in [0.05, 0.1) is 6.20 Å². The van der Waals surface area contributed by atoms with Gasteiger partial charge in [-0.1, -0.05) is 30.6 Å². The largest absolute Gasteiger partial charge is 0.357 e. The van der Waals surface area contributed by atoms with Crippen LogP contribution in [0.3, 0.4) is 0 Å². The molecule has 1 atom stereocenters. The number of anilines is 1. The SMILES string of the molecule is NS(=O)(=O)c1cnc(NC2CCCN(C3CCCCC3)C2)s1. The molecule has 1 unspecified atom stereocenters. The lowest BCUT2D eigenvalue weighted by Crippen LogP contribution is -2.47. The topological polar surface area (TPSA) is 88.3 Å². The van der Waals surface area contributed by atoms with Crippen molar-refractivity contribution >= 4 is 26.5 Å². The Kier molecular flexibility index (Phi) is 5.01. The summed E-state index contributed by atoms with van der Waals surface area (Å²) in [7, 11) is -3.65. The maximum atomic E-state index is 11.3. The maximum Gasteiger partial charge on any atom is 0.249 e. The Bertz CT molecular complexity index is 596. The molecule has 3 rings (SSSR count). The number of rotatable bonds is 4. The summed E-state index contributed by atoms with van der Waals surface area (Å²) in [6.45, 7) is 2.21. The molecule has 0 bridgehead atoms. The summed E-state index contributed by atoms with van der Waals surface area (Å²) >= 11 is 1.12. The van der Waals surface area contributed by atoms with Crippen LogP contribution >= 0.6 is 11.3 Å². The number of aromatic nitrogens is 1. The molecule has 3 N–H and O–H groups in total. The van der Waals surface area contributed by atoms with Gasteiger partial charge in [0.15, 0.2) is 9.34 Å². The van der Waals surface area contributed by atoms with E-state index < -0.39 is 10.0 Å². The fourth-order valence-corrected chi connectivity index (χ4v) is 5.06. The molecule has 0 amide bonds. The van der Waals surface area contributed by atoms with Crippen molar-refractivity contribution in [3.05, 3.63) is 6.20 Å². The van der Waals surface area contributed by atoms with E-state index in [-0.39, 0.29) is 4.21 Å². The third-order valence-electron chi connectivity index (χ3n) is 4.64. The van der Waals surface area contributed by atoms with Gasteiger partial charge in [0.2, 0.25) is 10.0 Å². The summed E-state index contributed by atoms with van der Waals surface area (Å²) in [6, 6.07) is 1.07. The van der Waals surface area contributed by atoms with Crippen LogP contribution in [-0.4, -0.2) is 43.5 Å². The van der Waals surface area contributed by atoms with Crippen molar-refractivity contribution in [2.75, 3.05) is 18.4 Å². The molecule has 1 saturated carbocycles. The van der Waals surface area contributed by atoms with Crippen molar-refractivity contribution in [2.24, 2.45) is 5.14 Å². The molecule has 2 fully saturated rings. The molecule has 0 radical (unpaired) electrons. The standard InChI is InChI=1S/C14H24N4O2S2/c15-22(19,20)13-9-16-14(21-13)17-11-5-4-8-18(10-11)12-6-2-1-3-7-12/h9,11-12H,1-8,10H2,(H,16,17)(H2,15,19,20). The van der Waals surface area contributed by atoms with Crippen LogP contribution in [0.5, 0.6) is 0 Å². The Hall–Kier alpha value is -0.700. The molecule has 22 heavy (non-hydrogen) atoms. The second-order valence-corrected chi connectivity index (χ2v) is 9.12. The van der Waals surface area contributed by atoms with Gasteiger partial charge in [-0.25, -0.2) is 18.5 Å². The second-order valence-electron chi connectivity index (χ2n) is 6.30. The molecule has 2 aliphatic rings. The van der Waals surface area contributed by atoms with Crippen LogP contribution in [0.4, 0.5) is 5.13 Å². The highest BCUT2D eigenvalue weighted by Gasteiger charge is 2.27. The molecule has 2 heterocycles. The van der Waals surface area contributed by atoms with Crippen LogP contribution < -0.4 is 10.5 Å². The number of thiazole rings is 1. The van der Waals surface area contributed by atoms with E-state index in [0.29, 0.717) is 11.2 Å². The van der Waals surface area contributed by atoms with E-state index in [1.54, 1.807) is 0 Å². The van der Waals surface area contributed by atoms with Crippen molar-refractivity contribution in [1.82, 2.24) is 9.88 Å². The van der Waals surface area contributed by atoms with Crippen molar-refractivity contribution in [1.29, 1.82) is 0 Å². The molecule has 124 valence electrons. The first-order valence-electron chi connectivity index (χ1n) is 8.01. The Labute approximate surface area is 136 Å². The molecule has 0 aromatic carbocycles. The molecule has 1 aliphatic heterocycles. The second kappa shape index (κ2) is 6.82. The number of nitrogens with two attached hydrogens (primary N) is 1. The molecule has 1 aliphatic carbocycles. The minimum atomic E-state index is -3.65. The number of hydrogen-bond donors (Lipinski definition) is 2. The quantitative estimate of drug-likeness (QED) is 0.872. The number of piperidine rings is 1. The van der Waals surface area contributed by atoms with Gasteiger partial charge in [0, 0.05) is 18.6 Å². The summed E-state index contributed by atoms with van der Waals surface area (Å²) in [5.74, 6) is 0. The summed E-state index contributed by atoms with van der Waals surface area (Å²) in [6.07, 6.45) is 10.3. The Morgan fingerprint density at radius 1 is 1.23 bits per heavy atom. The monoisotopic (exact) mass is 344 g/mol. The molecule has 8 heteroatoms.